The summed E-state index contributed by atoms with van der Waals surface area (Å²) in [4.78, 5) is 29.9. The molecule has 4 rings (SSSR count). The molecule has 0 radical (unpaired) electrons. The summed E-state index contributed by atoms with van der Waals surface area (Å²) in [5.74, 6) is 2.35. The van der Waals surface area contributed by atoms with Gasteiger partial charge in [0.1, 0.15) is 17.2 Å². The van der Waals surface area contributed by atoms with E-state index < -0.39 is 0 Å². The first-order valence-corrected chi connectivity index (χ1v) is 11.6. The highest BCUT2D eigenvalue weighted by atomic mass is 16.6. The lowest BCUT2D eigenvalue weighted by Crippen LogP contribution is -2.34. The van der Waals surface area contributed by atoms with E-state index in [1.54, 1.807) is 43.3 Å². The maximum absolute atomic E-state index is 12.4. The molecule has 2 aromatic carbocycles. The van der Waals surface area contributed by atoms with Crippen molar-refractivity contribution >= 4 is 17.2 Å². The molecule has 2 heterocycles. The number of nitro groups is 1. The van der Waals surface area contributed by atoms with Gasteiger partial charge < -0.3 is 14.2 Å². The fourth-order valence-corrected chi connectivity index (χ4v) is 4.34. The number of aryl methyl sites for hydroxylation is 1. The molecule has 1 aliphatic rings. The van der Waals surface area contributed by atoms with Crippen molar-refractivity contribution in [1.29, 1.82) is 0 Å². The summed E-state index contributed by atoms with van der Waals surface area (Å²) >= 11 is 0. The van der Waals surface area contributed by atoms with E-state index in [-0.39, 0.29) is 28.7 Å². The maximum atomic E-state index is 12.4. The van der Waals surface area contributed by atoms with E-state index in [1.165, 1.54) is 12.5 Å². The Kier molecular flexibility index (Phi) is 7.20. The number of nitro benzene ring substituents is 1. The van der Waals surface area contributed by atoms with Gasteiger partial charge in [0.25, 0.3) is 5.69 Å². The van der Waals surface area contributed by atoms with Crippen LogP contribution in [0.1, 0.15) is 54.7 Å². The van der Waals surface area contributed by atoms with Crippen molar-refractivity contribution in [2.45, 2.75) is 46.0 Å². The van der Waals surface area contributed by atoms with Gasteiger partial charge in [0.15, 0.2) is 11.6 Å². The maximum Gasteiger partial charge on any atom is 0.292 e. The molecule has 0 aliphatic carbocycles. The lowest BCUT2D eigenvalue weighted by Gasteiger charge is -2.33. The number of carbonyl (C=O) groups excluding carboxylic acids is 1. The topological polar surface area (TPSA) is 112 Å². The second-order valence-electron chi connectivity index (χ2n) is 8.59. The Balaban J connectivity index is 1.45. The molecule has 3 aromatic rings. The van der Waals surface area contributed by atoms with Crippen LogP contribution in [0.25, 0.3) is 0 Å². The van der Waals surface area contributed by atoms with Gasteiger partial charge in [0, 0.05) is 30.8 Å². The number of benzene rings is 2. The van der Waals surface area contributed by atoms with Crippen LogP contribution in [0.2, 0.25) is 0 Å². The van der Waals surface area contributed by atoms with E-state index in [1.807, 2.05) is 0 Å². The second kappa shape index (κ2) is 10.5. The van der Waals surface area contributed by atoms with E-state index in [0.717, 1.165) is 32.4 Å². The largest absolute Gasteiger partial charge is 0.457 e. The number of ketones is 1. The van der Waals surface area contributed by atoms with Crippen molar-refractivity contribution in [3.8, 4) is 11.5 Å². The highest BCUT2D eigenvalue weighted by Crippen LogP contribution is 2.36. The Hall–Kier alpha value is -3.75. The number of hydrogen-bond donors (Lipinski definition) is 0. The predicted octanol–water partition coefficient (Wildman–Crippen LogP) is 5.52. The summed E-state index contributed by atoms with van der Waals surface area (Å²) in [7, 11) is 0. The van der Waals surface area contributed by atoms with Gasteiger partial charge in [-0.1, -0.05) is 24.9 Å². The molecule has 9 heteroatoms. The van der Waals surface area contributed by atoms with Crippen LogP contribution in [0.3, 0.4) is 0 Å². The van der Waals surface area contributed by atoms with Crippen LogP contribution in [0, 0.1) is 23.0 Å². The second-order valence-corrected chi connectivity index (χ2v) is 8.59. The minimum atomic E-state index is -0.345. The molecule has 1 aromatic heterocycles. The summed E-state index contributed by atoms with van der Waals surface area (Å²) in [5.41, 5.74) is 1.17. The van der Waals surface area contributed by atoms with Gasteiger partial charge in [-0.05, 0) is 56.0 Å². The first-order valence-electron chi connectivity index (χ1n) is 11.6. The zero-order valence-electron chi connectivity index (χ0n) is 19.4. The minimum Gasteiger partial charge on any atom is -0.457 e. The molecule has 1 saturated heterocycles. The summed E-state index contributed by atoms with van der Waals surface area (Å²) in [6.07, 6.45) is 4.46. The summed E-state index contributed by atoms with van der Waals surface area (Å²) in [6.45, 7) is 5.48. The number of nitrogens with zero attached hydrogens (tertiary/aromatic N) is 4. The summed E-state index contributed by atoms with van der Waals surface area (Å²) in [5, 5.41) is 15.3. The van der Waals surface area contributed by atoms with Crippen molar-refractivity contribution in [2.75, 3.05) is 18.0 Å². The van der Waals surface area contributed by atoms with Gasteiger partial charge in [-0.15, -0.1) is 0 Å². The SMILES string of the molecule is CCCC1CCN(c2cc(Oc3ccc(C(=O)Cc4nc(C)no4)cc3)ccc2[N+](=O)[O-])CC1. The molecule has 0 saturated carbocycles. The molecule has 0 unspecified atom stereocenters. The number of anilines is 1. The van der Waals surface area contributed by atoms with Crippen molar-refractivity contribution in [2.24, 2.45) is 5.92 Å². The van der Waals surface area contributed by atoms with Gasteiger partial charge in [-0.3, -0.25) is 14.9 Å². The van der Waals surface area contributed by atoms with Crippen LogP contribution in [0.15, 0.2) is 47.0 Å². The Morgan fingerprint density at radius 3 is 2.50 bits per heavy atom. The van der Waals surface area contributed by atoms with E-state index >= 15 is 0 Å². The Labute approximate surface area is 197 Å². The third-order valence-electron chi connectivity index (χ3n) is 6.09. The molecule has 0 N–H and O–H groups in total. The smallest absolute Gasteiger partial charge is 0.292 e. The predicted molar refractivity (Wildman–Crippen MR) is 127 cm³/mol. The molecule has 1 fully saturated rings. The Morgan fingerprint density at radius 1 is 1.18 bits per heavy atom. The fraction of sp³-hybridized carbons (Fsp3) is 0.400. The third kappa shape index (κ3) is 5.59. The molecule has 34 heavy (non-hydrogen) atoms. The molecule has 0 atom stereocenters. The van der Waals surface area contributed by atoms with E-state index in [9.17, 15) is 14.9 Å². The number of hydrogen-bond acceptors (Lipinski definition) is 8. The highest BCUT2D eigenvalue weighted by Gasteiger charge is 2.25. The van der Waals surface area contributed by atoms with Gasteiger partial charge in [-0.25, -0.2) is 0 Å². The number of rotatable bonds is 9. The standard InChI is InChI=1S/C25H28N4O5/c1-3-4-18-11-13-28(14-12-18)23-15-21(9-10-22(23)29(31)32)33-20-7-5-19(6-8-20)24(30)16-25-26-17(2)27-34-25/h5-10,15,18H,3-4,11-14,16H2,1-2H3. The molecule has 1 aliphatic heterocycles. The Bertz CT molecular complexity index is 1150. The monoisotopic (exact) mass is 464 g/mol. The lowest BCUT2D eigenvalue weighted by molar-refractivity contribution is -0.384. The fourth-order valence-electron chi connectivity index (χ4n) is 4.34. The highest BCUT2D eigenvalue weighted by molar-refractivity contribution is 5.97. The van der Waals surface area contributed by atoms with Crippen LogP contribution in [-0.2, 0) is 6.42 Å². The number of aromatic nitrogens is 2. The molecule has 0 spiro atoms. The number of piperidine rings is 1. The number of Topliss-reactive ketones (excluding diaryl/α,β-unsaturated/α-hetero) is 1. The van der Waals surface area contributed by atoms with Crippen molar-refractivity contribution in [1.82, 2.24) is 10.1 Å². The van der Waals surface area contributed by atoms with E-state index in [4.69, 9.17) is 9.26 Å². The lowest BCUT2D eigenvalue weighted by atomic mass is 9.92. The van der Waals surface area contributed by atoms with E-state index in [2.05, 4.69) is 22.0 Å². The quantitative estimate of drug-likeness (QED) is 0.231. The molecular formula is C25H28N4O5. The van der Waals surface area contributed by atoms with Crippen LogP contribution >= 0.6 is 0 Å². The van der Waals surface area contributed by atoms with Crippen LogP contribution in [-0.4, -0.2) is 33.9 Å². The van der Waals surface area contributed by atoms with Crippen molar-refractivity contribution in [3.05, 3.63) is 69.9 Å². The molecule has 178 valence electrons. The van der Waals surface area contributed by atoms with Gasteiger partial charge >= 0.3 is 0 Å². The first kappa shape index (κ1) is 23.4. The van der Waals surface area contributed by atoms with Gasteiger partial charge in [0.2, 0.25) is 5.89 Å². The average Bonchev–Trinajstić information content (AvgIpc) is 3.24. The van der Waals surface area contributed by atoms with E-state index in [0.29, 0.717) is 34.5 Å². The zero-order valence-corrected chi connectivity index (χ0v) is 19.4. The van der Waals surface area contributed by atoms with Crippen LogP contribution in [0.5, 0.6) is 11.5 Å². The molecule has 0 amide bonds. The van der Waals surface area contributed by atoms with Crippen molar-refractivity contribution in [3.63, 3.8) is 0 Å². The summed E-state index contributed by atoms with van der Waals surface area (Å²) in [6, 6.07) is 11.6. The first-order chi connectivity index (χ1) is 16.4. The van der Waals surface area contributed by atoms with Crippen molar-refractivity contribution < 1.29 is 19.0 Å². The zero-order chi connectivity index (χ0) is 24.1. The number of carbonyl (C=O) groups is 1. The minimum absolute atomic E-state index is 0.0295. The van der Waals surface area contributed by atoms with Gasteiger partial charge in [0.05, 0.1) is 11.3 Å². The van der Waals surface area contributed by atoms with Crippen LogP contribution < -0.4 is 9.64 Å². The summed E-state index contributed by atoms with van der Waals surface area (Å²) < 4.78 is 11.0. The van der Waals surface area contributed by atoms with Crippen LogP contribution in [0.4, 0.5) is 11.4 Å². The Morgan fingerprint density at radius 2 is 1.88 bits per heavy atom. The van der Waals surface area contributed by atoms with Gasteiger partial charge in [-0.2, -0.15) is 4.98 Å². The normalized spacial score (nSPS) is 14.2. The third-order valence-corrected chi connectivity index (χ3v) is 6.09. The molecule has 0 bridgehead atoms. The number of ether oxygens (including phenoxy) is 1. The average molecular weight is 465 g/mol. The molecular weight excluding hydrogens is 436 g/mol. The molecule has 9 nitrogen and oxygen atoms in total.